The summed E-state index contributed by atoms with van der Waals surface area (Å²) >= 11 is 7.14. The van der Waals surface area contributed by atoms with Gasteiger partial charge in [0.25, 0.3) is 0 Å². The summed E-state index contributed by atoms with van der Waals surface area (Å²) in [5.74, 6) is -1.33. The number of hydrogen-bond donors (Lipinski definition) is 2. The van der Waals surface area contributed by atoms with E-state index in [1.165, 1.54) is 34.5 Å². The molecule has 0 spiro atoms. The number of hydrogen-bond acceptors (Lipinski definition) is 4. The minimum atomic E-state index is -1.000. The summed E-state index contributed by atoms with van der Waals surface area (Å²) in [5.41, 5.74) is 0.435. The fraction of sp³-hybridized carbons (Fsp3) is 0.0833. The standard InChI is InChI=1S/C12H10ClN3O3S/c13-10-3-1-9(20-10)2-4-11(17)15-8-5-14-16(6-8)7-12(18)19/h1-6H,7H2,(H,15,17)(H,18,19)/b4-2+. The van der Waals surface area contributed by atoms with Crippen molar-refractivity contribution in [2.75, 3.05) is 5.32 Å². The molecule has 0 aliphatic carbocycles. The molecule has 0 unspecified atom stereocenters. The van der Waals surface area contributed by atoms with Crippen LogP contribution in [0.5, 0.6) is 0 Å². The maximum atomic E-state index is 11.6. The van der Waals surface area contributed by atoms with E-state index in [9.17, 15) is 9.59 Å². The van der Waals surface area contributed by atoms with Gasteiger partial charge in [-0.2, -0.15) is 5.10 Å². The van der Waals surface area contributed by atoms with Gasteiger partial charge in [-0.05, 0) is 18.2 Å². The Hall–Kier alpha value is -2.12. The molecule has 2 heterocycles. The zero-order valence-electron chi connectivity index (χ0n) is 10.1. The Morgan fingerprint density at radius 2 is 2.30 bits per heavy atom. The SMILES string of the molecule is O=C(O)Cn1cc(NC(=O)/C=C/c2ccc(Cl)s2)cn1. The van der Waals surface area contributed by atoms with Crippen LogP contribution in [0, 0.1) is 0 Å². The van der Waals surface area contributed by atoms with Gasteiger partial charge in [-0.25, -0.2) is 0 Å². The monoisotopic (exact) mass is 311 g/mol. The quantitative estimate of drug-likeness (QED) is 0.830. The Balaban J connectivity index is 1.92. The highest BCUT2D eigenvalue weighted by atomic mass is 35.5. The lowest BCUT2D eigenvalue weighted by atomic mass is 10.4. The predicted molar refractivity (Wildman–Crippen MR) is 76.9 cm³/mol. The Kier molecular flexibility index (Phi) is 4.54. The molecular formula is C12H10ClN3O3S. The first-order valence-corrected chi connectivity index (χ1v) is 6.71. The van der Waals surface area contributed by atoms with E-state index in [-0.39, 0.29) is 12.5 Å². The lowest BCUT2D eigenvalue weighted by Gasteiger charge is -1.96. The normalized spacial score (nSPS) is 10.8. The van der Waals surface area contributed by atoms with Crippen LogP contribution >= 0.6 is 22.9 Å². The van der Waals surface area contributed by atoms with Gasteiger partial charge in [0.05, 0.1) is 16.2 Å². The van der Waals surface area contributed by atoms with Crippen molar-refractivity contribution in [1.29, 1.82) is 0 Å². The summed E-state index contributed by atoms with van der Waals surface area (Å²) in [4.78, 5) is 23.0. The number of nitrogens with one attached hydrogen (secondary N) is 1. The molecule has 1 amide bonds. The molecule has 0 aliphatic rings. The Bertz CT molecular complexity index is 662. The van der Waals surface area contributed by atoms with Gasteiger partial charge in [-0.1, -0.05) is 11.6 Å². The van der Waals surface area contributed by atoms with E-state index in [0.29, 0.717) is 10.0 Å². The zero-order chi connectivity index (χ0) is 14.5. The van der Waals surface area contributed by atoms with Crippen molar-refractivity contribution in [3.8, 4) is 0 Å². The molecule has 0 saturated carbocycles. The largest absolute Gasteiger partial charge is 0.480 e. The average molecular weight is 312 g/mol. The number of carboxylic acid groups (broad SMARTS) is 1. The number of carbonyl (C=O) groups excluding carboxylic acids is 1. The highest BCUT2D eigenvalue weighted by molar-refractivity contribution is 7.17. The zero-order valence-corrected chi connectivity index (χ0v) is 11.7. The van der Waals surface area contributed by atoms with Gasteiger partial charge in [-0.15, -0.1) is 11.3 Å². The van der Waals surface area contributed by atoms with Crippen LogP contribution in [-0.2, 0) is 16.1 Å². The minimum Gasteiger partial charge on any atom is -0.480 e. The molecule has 0 aliphatic heterocycles. The Morgan fingerprint density at radius 3 is 2.95 bits per heavy atom. The first-order chi connectivity index (χ1) is 9.52. The molecule has 2 N–H and O–H groups in total. The summed E-state index contributed by atoms with van der Waals surface area (Å²) in [6.45, 7) is -0.251. The van der Waals surface area contributed by atoms with Crippen LogP contribution in [0.25, 0.3) is 6.08 Å². The van der Waals surface area contributed by atoms with E-state index in [1.54, 1.807) is 12.1 Å². The van der Waals surface area contributed by atoms with E-state index in [0.717, 1.165) is 4.88 Å². The maximum Gasteiger partial charge on any atom is 0.325 e. The summed E-state index contributed by atoms with van der Waals surface area (Å²) in [7, 11) is 0. The van der Waals surface area contributed by atoms with E-state index >= 15 is 0 Å². The minimum absolute atomic E-state index is 0.251. The molecule has 0 saturated heterocycles. The number of aliphatic carboxylic acids is 1. The van der Waals surface area contributed by atoms with Crippen molar-refractivity contribution in [2.24, 2.45) is 0 Å². The van der Waals surface area contributed by atoms with Crippen molar-refractivity contribution in [1.82, 2.24) is 9.78 Å². The second-order valence-electron chi connectivity index (χ2n) is 3.78. The van der Waals surface area contributed by atoms with Crippen molar-refractivity contribution in [3.63, 3.8) is 0 Å². The molecule has 2 aromatic rings. The van der Waals surface area contributed by atoms with Crippen LogP contribution in [-0.4, -0.2) is 26.8 Å². The van der Waals surface area contributed by atoms with Crippen molar-refractivity contribution in [2.45, 2.75) is 6.54 Å². The second kappa shape index (κ2) is 6.36. The molecule has 20 heavy (non-hydrogen) atoms. The lowest BCUT2D eigenvalue weighted by molar-refractivity contribution is -0.137. The van der Waals surface area contributed by atoms with Crippen LogP contribution in [0.4, 0.5) is 5.69 Å². The molecule has 0 aromatic carbocycles. The van der Waals surface area contributed by atoms with Crippen molar-refractivity contribution >= 4 is 46.6 Å². The number of anilines is 1. The molecular weight excluding hydrogens is 302 g/mol. The maximum absolute atomic E-state index is 11.6. The van der Waals surface area contributed by atoms with Gasteiger partial charge in [0, 0.05) is 17.2 Å². The van der Waals surface area contributed by atoms with E-state index in [4.69, 9.17) is 16.7 Å². The van der Waals surface area contributed by atoms with Crippen molar-refractivity contribution in [3.05, 3.63) is 39.8 Å². The Labute approximate surface area is 123 Å². The number of aromatic nitrogens is 2. The first kappa shape index (κ1) is 14.3. The molecule has 0 fully saturated rings. The van der Waals surface area contributed by atoms with Gasteiger partial charge in [0.15, 0.2) is 0 Å². The second-order valence-corrected chi connectivity index (χ2v) is 5.53. The third kappa shape index (κ3) is 4.22. The fourth-order valence-electron chi connectivity index (χ4n) is 1.41. The van der Waals surface area contributed by atoms with Gasteiger partial charge in [-0.3, -0.25) is 14.3 Å². The van der Waals surface area contributed by atoms with Crippen LogP contribution in [0.2, 0.25) is 4.34 Å². The summed E-state index contributed by atoms with van der Waals surface area (Å²) in [5, 5.41) is 15.0. The molecule has 2 aromatic heterocycles. The number of carboxylic acids is 1. The topological polar surface area (TPSA) is 84.2 Å². The third-order valence-electron chi connectivity index (χ3n) is 2.19. The van der Waals surface area contributed by atoms with Gasteiger partial charge >= 0.3 is 5.97 Å². The van der Waals surface area contributed by atoms with Crippen LogP contribution in [0.1, 0.15) is 4.88 Å². The average Bonchev–Trinajstić information content (AvgIpc) is 2.95. The van der Waals surface area contributed by atoms with Gasteiger partial charge in [0.2, 0.25) is 5.91 Å². The molecule has 2 rings (SSSR count). The fourth-order valence-corrected chi connectivity index (χ4v) is 2.38. The van der Waals surface area contributed by atoms with Crippen LogP contribution < -0.4 is 5.32 Å². The number of rotatable bonds is 5. The molecule has 0 bridgehead atoms. The highest BCUT2D eigenvalue weighted by Crippen LogP contribution is 2.22. The summed E-state index contributed by atoms with van der Waals surface area (Å²) in [6.07, 6.45) is 5.85. The van der Waals surface area contributed by atoms with Crippen LogP contribution in [0.15, 0.2) is 30.6 Å². The lowest BCUT2D eigenvalue weighted by Crippen LogP contribution is -2.09. The van der Waals surface area contributed by atoms with E-state index in [2.05, 4.69) is 10.4 Å². The molecule has 8 heteroatoms. The number of thiophene rings is 1. The van der Waals surface area contributed by atoms with Crippen LogP contribution in [0.3, 0.4) is 0 Å². The van der Waals surface area contributed by atoms with Gasteiger partial charge < -0.3 is 10.4 Å². The number of nitrogens with zero attached hydrogens (tertiary/aromatic N) is 2. The summed E-state index contributed by atoms with van der Waals surface area (Å²) in [6, 6.07) is 3.56. The Morgan fingerprint density at radius 1 is 1.50 bits per heavy atom. The number of carbonyl (C=O) groups is 2. The first-order valence-electron chi connectivity index (χ1n) is 5.51. The summed E-state index contributed by atoms with van der Waals surface area (Å²) < 4.78 is 1.88. The molecule has 0 radical (unpaired) electrons. The molecule has 0 atom stereocenters. The molecule has 6 nitrogen and oxygen atoms in total. The highest BCUT2D eigenvalue weighted by Gasteiger charge is 2.04. The number of halogens is 1. The predicted octanol–water partition coefficient (Wildman–Crippen LogP) is 2.33. The van der Waals surface area contributed by atoms with Gasteiger partial charge in [0.1, 0.15) is 6.54 Å². The van der Waals surface area contributed by atoms with Crippen molar-refractivity contribution < 1.29 is 14.7 Å². The third-order valence-corrected chi connectivity index (χ3v) is 3.39. The number of amides is 1. The molecule has 104 valence electrons. The smallest absolute Gasteiger partial charge is 0.325 e. The van der Waals surface area contributed by atoms with E-state index < -0.39 is 5.97 Å². The van der Waals surface area contributed by atoms with E-state index in [1.807, 2.05) is 6.07 Å².